The number of carbonyl (C=O) groups excluding carboxylic acids is 2. The van der Waals surface area contributed by atoms with Crippen LogP contribution in [-0.2, 0) is 6.42 Å². The summed E-state index contributed by atoms with van der Waals surface area (Å²) in [5, 5.41) is 12.7. The third-order valence-electron chi connectivity index (χ3n) is 6.72. The van der Waals surface area contributed by atoms with Crippen molar-refractivity contribution in [3.05, 3.63) is 89.5 Å². The lowest BCUT2D eigenvalue weighted by Crippen LogP contribution is -2.46. The second-order valence-corrected chi connectivity index (χ2v) is 9.00. The lowest BCUT2D eigenvalue weighted by Gasteiger charge is -2.33. The van der Waals surface area contributed by atoms with Gasteiger partial charge < -0.3 is 24.8 Å². The van der Waals surface area contributed by atoms with Crippen molar-refractivity contribution in [2.45, 2.75) is 25.3 Å². The van der Waals surface area contributed by atoms with E-state index in [0.29, 0.717) is 37.9 Å². The smallest absolute Gasteiger partial charge is 0.317 e. The molecule has 0 aromatic heterocycles. The number of phenolic OH excluding ortho intramolecular Hbond substituents is 1. The van der Waals surface area contributed by atoms with Crippen molar-refractivity contribution in [1.29, 1.82) is 0 Å². The number of aromatic hydroxyl groups is 1. The second-order valence-electron chi connectivity index (χ2n) is 9.00. The predicted octanol–water partition coefficient (Wildman–Crippen LogP) is 5.00. The molecule has 0 saturated carbocycles. The Balaban J connectivity index is 1.41. The van der Waals surface area contributed by atoms with Gasteiger partial charge in [-0.3, -0.25) is 4.79 Å². The number of carbonyl (C=O) groups is 2. The van der Waals surface area contributed by atoms with Gasteiger partial charge in [-0.15, -0.1) is 0 Å². The van der Waals surface area contributed by atoms with Gasteiger partial charge in [-0.05, 0) is 78.9 Å². The summed E-state index contributed by atoms with van der Waals surface area (Å²) in [6, 6.07) is 21.5. The van der Waals surface area contributed by atoms with Crippen LogP contribution in [0.1, 0.15) is 40.4 Å². The first-order chi connectivity index (χ1) is 17.5. The maximum absolute atomic E-state index is 13.2. The molecule has 0 bridgehead atoms. The second kappa shape index (κ2) is 11.6. The Bertz CT molecular complexity index is 1150. The van der Waals surface area contributed by atoms with Crippen LogP contribution < -0.4 is 14.8 Å². The van der Waals surface area contributed by atoms with Crippen LogP contribution in [0.3, 0.4) is 0 Å². The van der Waals surface area contributed by atoms with Crippen LogP contribution in [0, 0.1) is 5.92 Å². The highest BCUT2D eigenvalue weighted by molar-refractivity contribution is 5.98. The minimum absolute atomic E-state index is 0.0608. The molecule has 3 aromatic rings. The monoisotopic (exact) mass is 488 g/mol. The maximum atomic E-state index is 13.2. The van der Waals surface area contributed by atoms with E-state index in [-0.39, 0.29) is 29.5 Å². The van der Waals surface area contributed by atoms with Gasteiger partial charge in [-0.1, -0.05) is 24.3 Å². The van der Waals surface area contributed by atoms with Crippen molar-refractivity contribution in [2.24, 2.45) is 5.92 Å². The molecule has 3 aromatic carbocycles. The van der Waals surface area contributed by atoms with Gasteiger partial charge in [0.2, 0.25) is 0 Å². The summed E-state index contributed by atoms with van der Waals surface area (Å²) in [5.41, 5.74) is 2.65. The molecule has 4 rings (SSSR count). The van der Waals surface area contributed by atoms with Crippen LogP contribution >= 0.6 is 0 Å². The summed E-state index contributed by atoms with van der Waals surface area (Å²) < 4.78 is 10.5. The number of ketones is 1. The lowest BCUT2D eigenvalue weighted by molar-refractivity contribution is 0.0853. The SMILES string of the molecule is COc1ccc(CC(NC(=O)N2CCC(C(=O)c3ccc(O)cc3)CC2)c2ccc(OC)cc2)cc1. The molecule has 1 aliphatic rings. The number of amides is 2. The molecule has 1 heterocycles. The van der Waals surface area contributed by atoms with Gasteiger partial charge >= 0.3 is 6.03 Å². The minimum Gasteiger partial charge on any atom is -0.508 e. The Morgan fingerprint density at radius 1 is 0.889 bits per heavy atom. The van der Waals surface area contributed by atoms with Gasteiger partial charge in [0.15, 0.2) is 5.78 Å². The molecule has 2 N–H and O–H groups in total. The van der Waals surface area contributed by atoms with E-state index in [0.717, 1.165) is 22.6 Å². The number of ether oxygens (including phenoxy) is 2. The van der Waals surface area contributed by atoms with Crippen molar-refractivity contribution in [3.63, 3.8) is 0 Å². The molecule has 0 radical (unpaired) electrons. The zero-order valence-corrected chi connectivity index (χ0v) is 20.6. The highest BCUT2D eigenvalue weighted by Crippen LogP contribution is 2.26. The third-order valence-corrected chi connectivity index (χ3v) is 6.72. The number of hydrogen-bond donors (Lipinski definition) is 2. The standard InChI is InChI=1S/C29H32N2O5/c1-35-25-11-3-20(4-12-25)19-27(21-7-13-26(36-2)14-8-21)30-29(34)31-17-15-23(16-18-31)28(33)22-5-9-24(32)10-6-22/h3-14,23,27,32H,15-19H2,1-2H3,(H,30,34). The van der Waals surface area contributed by atoms with Crippen LogP contribution in [-0.4, -0.2) is 49.1 Å². The molecule has 1 fully saturated rings. The largest absolute Gasteiger partial charge is 0.508 e. The molecule has 0 aliphatic carbocycles. The Hall–Kier alpha value is -4.00. The number of phenols is 1. The van der Waals surface area contributed by atoms with Gasteiger partial charge in [0, 0.05) is 24.6 Å². The van der Waals surface area contributed by atoms with E-state index in [4.69, 9.17) is 9.47 Å². The number of benzene rings is 3. The van der Waals surface area contributed by atoms with Crippen LogP contribution in [0.25, 0.3) is 0 Å². The number of hydrogen-bond acceptors (Lipinski definition) is 5. The zero-order chi connectivity index (χ0) is 25.5. The quantitative estimate of drug-likeness (QED) is 0.436. The fourth-order valence-electron chi connectivity index (χ4n) is 4.53. The van der Waals surface area contributed by atoms with E-state index >= 15 is 0 Å². The Labute approximate surface area is 211 Å². The highest BCUT2D eigenvalue weighted by atomic mass is 16.5. The topological polar surface area (TPSA) is 88.1 Å². The molecule has 1 atom stereocenters. The number of piperidine rings is 1. The van der Waals surface area contributed by atoms with Gasteiger partial charge in [-0.2, -0.15) is 0 Å². The van der Waals surface area contributed by atoms with E-state index in [1.54, 1.807) is 31.3 Å². The molecule has 0 spiro atoms. The molecule has 7 nitrogen and oxygen atoms in total. The van der Waals surface area contributed by atoms with Crippen molar-refractivity contribution in [3.8, 4) is 17.2 Å². The van der Waals surface area contributed by atoms with Crippen LogP contribution in [0.2, 0.25) is 0 Å². The molecule has 2 amide bonds. The van der Waals surface area contributed by atoms with Gasteiger partial charge in [-0.25, -0.2) is 4.79 Å². The van der Waals surface area contributed by atoms with E-state index in [2.05, 4.69) is 5.32 Å². The first-order valence-corrected chi connectivity index (χ1v) is 12.1. The number of nitrogens with one attached hydrogen (secondary N) is 1. The fraction of sp³-hybridized carbons (Fsp3) is 0.310. The number of likely N-dealkylation sites (tertiary alicyclic amines) is 1. The Kier molecular flexibility index (Phi) is 8.10. The molecule has 1 unspecified atom stereocenters. The number of Topliss-reactive ketones (excluding diaryl/α,β-unsaturated/α-hetero) is 1. The number of urea groups is 1. The average molecular weight is 489 g/mol. The zero-order valence-electron chi connectivity index (χ0n) is 20.6. The summed E-state index contributed by atoms with van der Waals surface area (Å²) in [6.45, 7) is 1.02. The maximum Gasteiger partial charge on any atom is 0.317 e. The lowest BCUT2D eigenvalue weighted by atomic mass is 9.89. The normalized spacial score (nSPS) is 14.7. The van der Waals surface area contributed by atoms with Crippen LogP contribution in [0.4, 0.5) is 4.79 Å². The Morgan fingerprint density at radius 3 is 2.00 bits per heavy atom. The molecule has 188 valence electrons. The number of methoxy groups -OCH3 is 2. The van der Waals surface area contributed by atoms with Crippen molar-refractivity contribution in [2.75, 3.05) is 27.3 Å². The molecular weight excluding hydrogens is 456 g/mol. The molecule has 7 heteroatoms. The summed E-state index contributed by atoms with van der Waals surface area (Å²) in [7, 11) is 3.26. The van der Waals surface area contributed by atoms with E-state index in [1.165, 1.54) is 12.1 Å². The number of nitrogens with zero attached hydrogens (tertiary/aromatic N) is 1. The highest BCUT2D eigenvalue weighted by Gasteiger charge is 2.29. The summed E-state index contributed by atoms with van der Waals surface area (Å²) >= 11 is 0. The number of rotatable bonds is 8. The van der Waals surface area contributed by atoms with E-state index in [1.807, 2.05) is 48.5 Å². The fourth-order valence-corrected chi connectivity index (χ4v) is 4.53. The third kappa shape index (κ3) is 6.16. The first-order valence-electron chi connectivity index (χ1n) is 12.1. The summed E-state index contributed by atoms with van der Waals surface area (Å²) in [4.78, 5) is 27.9. The molecular formula is C29H32N2O5. The van der Waals surface area contributed by atoms with Crippen molar-refractivity contribution >= 4 is 11.8 Å². The van der Waals surface area contributed by atoms with Crippen molar-refractivity contribution in [1.82, 2.24) is 10.2 Å². The molecule has 1 saturated heterocycles. The van der Waals surface area contributed by atoms with Gasteiger partial charge in [0.25, 0.3) is 0 Å². The Morgan fingerprint density at radius 2 is 1.44 bits per heavy atom. The van der Waals surface area contributed by atoms with Crippen molar-refractivity contribution < 1.29 is 24.2 Å². The predicted molar refractivity (Wildman–Crippen MR) is 138 cm³/mol. The molecule has 1 aliphatic heterocycles. The first kappa shape index (κ1) is 25.1. The average Bonchev–Trinajstić information content (AvgIpc) is 2.93. The van der Waals surface area contributed by atoms with Gasteiger partial charge in [0.1, 0.15) is 17.2 Å². The molecule has 36 heavy (non-hydrogen) atoms. The van der Waals surface area contributed by atoms with E-state index in [9.17, 15) is 14.7 Å². The van der Waals surface area contributed by atoms with Gasteiger partial charge in [0.05, 0.1) is 20.3 Å². The minimum atomic E-state index is -0.229. The summed E-state index contributed by atoms with van der Waals surface area (Å²) in [6.07, 6.45) is 1.84. The van der Waals surface area contributed by atoms with E-state index < -0.39 is 0 Å². The summed E-state index contributed by atoms with van der Waals surface area (Å²) in [5.74, 6) is 1.61. The van der Waals surface area contributed by atoms with Crippen LogP contribution in [0.5, 0.6) is 17.2 Å². The van der Waals surface area contributed by atoms with Crippen LogP contribution in [0.15, 0.2) is 72.8 Å².